The van der Waals surface area contributed by atoms with E-state index in [4.69, 9.17) is 4.74 Å². The van der Waals surface area contributed by atoms with Crippen LogP contribution in [-0.4, -0.2) is 69.1 Å². The third kappa shape index (κ3) is 3.71. The van der Waals surface area contributed by atoms with Gasteiger partial charge in [-0.1, -0.05) is 44.2 Å². The van der Waals surface area contributed by atoms with Crippen LogP contribution in [0.5, 0.6) is 0 Å². The molecule has 3 rings (SSSR count). The van der Waals surface area contributed by atoms with Crippen LogP contribution in [-0.2, 0) is 25.7 Å². The summed E-state index contributed by atoms with van der Waals surface area (Å²) in [6, 6.07) is 6.84. The van der Waals surface area contributed by atoms with Crippen molar-refractivity contribution in [3.63, 3.8) is 0 Å². The third-order valence-corrected chi connectivity index (χ3v) is 6.03. The molecule has 1 aromatic carbocycles. The number of ether oxygens (including phenoxy) is 1. The van der Waals surface area contributed by atoms with Crippen LogP contribution in [0.25, 0.3) is 0 Å². The predicted molar refractivity (Wildman–Crippen MR) is 104 cm³/mol. The second-order valence-corrected chi connectivity index (χ2v) is 8.15. The van der Waals surface area contributed by atoms with E-state index in [0.717, 1.165) is 10.5 Å². The van der Waals surface area contributed by atoms with Crippen LogP contribution < -0.4 is 0 Å². The summed E-state index contributed by atoms with van der Waals surface area (Å²) in [7, 11) is 0. The van der Waals surface area contributed by atoms with Crippen LogP contribution in [0.4, 0.5) is 4.79 Å². The minimum absolute atomic E-state index is 0.0311. The summed E-state index contributed by atoms with van der Waals surface area (Å²) in [4.78, 5) is 51.7. The number of carboxylic acids is 1. The van der Waals surface area contributed by atoms with E-state index < -0.39 is 41.4 Å². The van der Waals surface area contributed by atoms with Gasteiger partial charge in [-0.05, 0) is 24.3 Å². The lowest BCUT2D eigenvalue weighted by Crippen LogP contribution is -2.53. The van der Waals surface area contributed by atoms with Gasteiger partial charge in [0.25, 0.3) is 0 Å². The molecule has 0 saturated carbocycles. The number of likely N-dealkylation sites (tertiary alicyclic amines) is 2. The van der Waals surface area contributed by atoms with Crippen molar-refractivity contribution < 1.29 is 34.1 Å². The Morgan fingerprint density at radius 2 is 1.77 bits per heavy atom. The highest BCUT2D eigenvalue weighted by Crippen LogP contribution is 2.47. The zero-order valence-electron chi connectivity index (χ0n) is 17.0. The number of carbonyl (C=O) groups is 4. The first-order chi connectivity index (χ1) is 14.2. The van der Waals surface area contributed by atoms with Gasteiger partial charge in [-0.25, -0.2) is 14.4 Å². The zero-order valence-corrected chi connectivity index (χ0v) is 17.0. The Kier molecular flexibility index (Phi) is 6.00. The lowest BCUT2D eigenvalue weighted by atomic mass is 9.78. The molecule has 2 unspecified atom stereocenters. The highest BCUT2D eigenvalue weighted by atomic mass is 16.5. The SMILES string of the molecule is CC(C)[C@@H](C(=O)OCc1ccccc1)N1CCC2(CCN(C(=O)O)C2C(=O)O)C1=O. The summed E-state index contributed by atoms with van der Waals surface area (Å²) in [5.41, 5.74) is -0.534. The van der Waals surface area contributed by atoms with E-state index >= 15 is 0 Å². The Bertz CT molecular complexity index is 841. The zero-order chi connectivity index (χ0) is 22.1. The van der Waals surface area contributed by atoms with Crippen LogP contribution in [0.3, 0.4) is 0 Å². The molecular formula is C21H26N2O7. The highest BCUT2D eigenvalue weighted by molar-refractivity contribution is 5.96. The van der Waals surface area contributed by atoms with E-state index in [2.05, 4.69) is 0 Å². The number of hydrogen-bond donors (Lipinski definition) is 2. The van der Waals surface area contributed by atoms with Crippen molar-refractivity contribution in [2.75, 3.05) is 13.1 Å². The number of aliphatic carboxylic acids is 1. The minimum Gasteiger partial charge on any atom is -0.480 e. The van der Waals surface area contributed by atoms with Gasteiger partial charge in [-0.15, -0.1) is 0 Å². The number of carbonyl (C=O) groups excluding carboxylic acids is 2. The van der Waals surface area contributed by atoms with E-state index in [9.17, 15) is 29.4 Å². The van der Waals surface area contributed by atoms with Gasteiger partial charge in [0.2, 0.25) is 5.91 Å². The first kappa shape index (κ1) is 21.6. The Hall–Kier alpha value is -3.10. The average Bonchev–Trinajstić information content (AvgIpc) is 3.24. The number of rotatable bonds is 6. The summed E-state index contributed by atoms with van der Waals surface area (Å²) < 4.78 is 5.44. The molecule has 2 fully saturated rings. The van der Waals surface area contributed by atoms with Crippen molar-refractivity contribution in [2.24, 2.45) is 11.3 Å². The molecule has 0 bridgehead atoms. The summed E-state index contributed by atoms with van der Waals surface area (Å²) in [6.45, 7) is 3.80. The van der Waals surface area contributed by atoms with Crippen LogP contribution >= 0.6 is 0 Å². The van der Waals surface area contributed by atoms with Gasteiger partial charge in [0.15, 0.2) is 0 Å². The number of hydrogen-bond acceptors (Lipinski definition) is 5. The largest absolute Gasteiger partial charge is 0.480 e. The Balaban J connectivity index is 1.80. The van der Waals surface area contributed by atoms with Crippen molar-refractivity contribution in [3.05, 3.63) is 35.9 Å². The fourth-order valence-electron chi connectivity index (χ4n) is 4.60. The minimum atomic E-state index is -1.46. The first-order valence-electron chi connectivity index (χ1n) is 9.93. The standard InChI is InChI=1S/C21H26N2O7/c1-13(2)15(18(26)30-12-14-6-4-3-5-7-14)22-10-8-21(19(22)27)9-11-23(20(28)29)16(21)17(24)25/h3-7,13,15-16H,8-12H2,1-2H3,(H,24,25)(H,28,29)/t15-,16?,21?/m0/s1. The lowest BCUT2D eigenvalue weighted by molar-refractivity contribution is -0.160. The smallest absolute Gasteiger partial charge is 0.408 e. The Labute approximate surface area is 174 Å². The van der Waals surface area contributed by atoms with Crippen molar-refractivity contribution in [1.29, 1.82) is 0 Å². The molecule has 2 aliphatic heterocycles. The average molecular weight is 418 g/mol. The van der Waals surface area contributed by atoms with Crippen LogP contribution in [0.15, 0.2) is 30.3 Å². The first-order valence-corrected chi connectivity index (χ1v) is 9.93. The summed E-state index contributed by atoms with van der Waals surface area (Å²) in [5.74, 6) is -2.65. The fourth-order valence-corrected chi connectivity index (χ4v) is 4.60. The van der Waals surface area contributed by atoms with Crippen molar-refractivity contribution in [3.8, 4) is 0 Å². The molecule has 9 heteroatoms. The molecule has 2 aliphatic rings. The maximum atomic E-state index is 13.4. The number of benzene rings is 1. The highest BCUT2D eigenvalue weighted by Gasteiger charge is 2.62. The molecule has 1 aromatic rings. The lowest BCUT2D eigenvalue weighted by Gasteiger charge is -2.33. The molecule has 2 amide bonds. The molecule has 3 atom stereocenters. The predicted octanol–water partition coefficient (Wildman–Crippen LogP) is 1.81. The summed E-state index contributed by atoms with van der Waals surface area (Å²) >= 11 is 0. The van der Waals surface area contributed by atoms with E-state index in [0.29, 0.717) is 0 Å². The van der Waals surface area contributed by atoms with Gasteiger partial charge in [-0.2, -0.15) is 0 Å². The third-order valence-electron chi connectivity index (χ3n) is 6.03. The number of esters is 1. The molecule has 0 aromatic heterocycles. The summed E-state index contributed by atoms with van der Waals surface area (Å²) in [5, 5.41) is 19.0. The van der Waals surface area contributed by atoms with Gasteiger partial charge in [0.1, 0.15) is 18.7 Å². The molecule has 2 heterocycles. The fraction of sp³-hybridized carbons (Fsp3) is 0.524. The molecule has 1 spiro atoms. The van der Waals surface area contributed by atoms with Crippen molar-refractivity contribution in [2.45, 2.75) is 45.4 Å². The van der Waals surface area contributed by atoms with E-state index in [1.807, 2.05) is 30.3 Å². The van der Waals surface area contributed by atoms with Crippen LogP contribution in [0, 0.1) is 11.3 Å². The van der Waals surface area contributed by atoms with Gasteiger partial charge in [-0.3, -0.25) is 9.69 Å². The number of nitrogens with zero attached hydrogens (tertiary/aromatic N) is 2. The number of carboxylic acid groups (broad SMARTS) is 2. The Morgan fingerprint density at radius 1 is 1.13 bits per heavy atom. The molecule has 2 N–H and O–H groups in total. The normalized spacial score (nSPS) is 24.5. The van der Waals surface area contributed by atoms with Gasteiger partial charge >= 0.3 is 18.0 Å². The summed E-state index contributed by atoms with van der Waals surface area (Å²) in [6.07, 6.45) is -1.06. The molecule has 0 aliphatic carbocycles. The van der Waals surface area contributed by atoms with Crippen LogP contribution in [0.1, 0.15) is 32.3 Å². The number of amides is 2. The second kappa shape index (κ2) is 8.33. The monoisotopic (exact) mass is 418 g/mol. The quantitative estimate of drug-likeness (QED) is 0.675. The van der Waals surface area contributed by atoms with E-state index in [1.54, 1.807) is 13.8 Å². The molecule has 0 radical (unpaired) electrons. The second-order valence-electron chi connectivity index (χ2n) is 8.15. The van der Waals surface area contributed by atoms with Crippen LogP contribution in [0.2, 0.25) is 0 Å². The van der Waals surface area contributed by atoms with Crippen molar-refractivity contribution >= 4 is 23.9 Å². The maximum Gasteiger partial charge on any atom is 0.408 e. The van der Waals surface area contributed by atoms with E-state index in [-0.39, 0.29) is 38.5 Å². The van der Waals surface area contributed by atoms with E-state index in [1.165, 1.54) is 4.90 Å². The molecule has 30 heavy (non-hydrogen) atoms. The molecule has 2 saturated heterocycles. The maximum absolute atomic E-state index is 13.4. The molecule has 9 nitrogen and oxygen atoms in total. The van der Waals surface area contributed by atoms with Gasteiger partial charge in [0.05, 0.1) is 5.41 Å². The topological polar surface area (TPSA) is 124 Å². The van der Waals surface area contributed by atoms with Gasteiger partial charge in [0, 0.05) is 13.1 Å². The van der Waals surface area contributed by atoms with Crippen molar-refractivity contribution in [1.82, 2.24) is 9.80 Å². The van der Waals surface area contributed by atoms with Gasteiger partial charge < -0.3 is 19.8 Å². The Morgan fingerprint density at radius 3 is 2.33 bits per heavy atom. The molecular weight excluding hydrogens is 392 g/mol. The molecule has 162 valence electrons.